The largest absolute Gasteiger partial charge is 0.392 e. The highest BCUT2D eigenvalue weighted by Crippen LogP contribution is 2.28. The second-order valence-corrected chi connectivity index (χ2v) is 6.45. The Morgan fingerprint density at radius 2 is 2.17 bits per heavy atom. The third kappa shape index (κ3) is 3.66. The zero-order chi connectivity index (χ0) is 17.1. The van der Waals surface area contributed by atoms with E-state index < -0.39 is 12.1 Å². The molecular weight excluding hydrogens is 306 g/mol. The number of hydrogen-bond acceptors (Lipinski definition) is 5. The topological polar surface area (TPSA) is 78.6 Å². The molecule has 3 atom stereocenters. The van der Waals surface area contributed by atoms with E-state index in [1.165, 1.54) is 0 Å². The van der Waals surface area contributed by atoms with Gasteiger partial charge in [0.05, 0.1) is 6.10 Å². The minimum absolute atomic E-state index is 0.170. The van der Waals surface area contributed by atoms with Crippen LogP contribution in [0.3, 0.4) is 0 Å². The van der Waals surface area contributed by atoms with Gasteiger partial charge in [-0.3, -0.25) is 9.69 Å². The van der Waals surface area contributed by atoms with Gasteiger partial charge in [-0.25, -0.2) is 0 Å². The Hall–Kier alpha value is -2.18. The number of carbonyl (C=O) groups is 1. The first kappa shape index (κ1) is 16.7. The summed E-state index contributed by atoms with van der Waals surface area (Å²) in [5.41, 5.74) is 0.900. The molecule has 1 aromatic carbocycles. The number of carbonyl (C=O) groups excluding carboxylic acids is 1. The predicted molar refractivity (Wildman–Crippen MR) is 90.4 cm³/mol. The predicted octanol–water partition coefficient (Wildman–Crippen LogP) is 2.37. The zero-order valence-corrected chi connectivity index (χ0v) is 14.0. The molecule has 0 aliphatic carbocycles. The quantitative estimate of drug-likeness (QED) is 0.900. The first-order chi connectivity index (χ1) is 11.5. The molecule has 6 heteroatoms. The number of hydrogen-bond donors (Lipinski definition) is 2. The maximum atomic E-state index is 12.9. The van der Waals surface area contributed by atoms with Crippen molar-refractivity contribution < 1.29 is 14.4 Å². The fraction of sp³-hybridized carbons (Fsp3) is 0.444. The van der Waals surface area contributed by atoms with E-state index in [-0.39, 0.29) is 11.8 Å². The molecule has 1 amide bonds. The molecule has 0 bridgehead atoms. The van der Waals surface area contributed by atoms with E-state index >= 15 is 0 Å². The van der Waals surface area contributed by atoms with E-state index in [9.17, 15) is 9.90 Å². The Morgan fingerprint density at radius 1 is 1.42 bits per heavy atom. The molecule has 2 N–H and O–H groups in total. The average Bonchev–Trinajstić information content (AvgIpc) is 2.97. The molecule has 6 nitrogen and oxygen atoms in total. The molecular formula is C18H23N3O3. The summed E-state index contributed by atoms with van der Waals surface area (Å²) in [6.45, 7) is 5.06. The van der Waals surface area contributed by atoms with Gasteiger partial charge < -0.3 is 14.9 Å². The lowest BCUT2D eigenvalue weighted by Crippen LogP contribution is -2.47. The number of anilines is 1. The van der Waals surface area contributed by atoms with E-state index in [0.717, 1.165) is 18.5 Å². The monoisotopic (exact) mass is 329 g/mol. The molecule has 1 aromatic heterocycles. The molecule has 3 unspecified atom stereocenters. The van der Waals surface area contributed by atoms with Gasteiger partial charge in [-0.05, 0) is 31.4 Å². The van der Waals surface area contributed by atoms with Crippen molar-refractivity contribution in [3.05, 3.63) is 47.7 Å². The highest BCUT2D eigenvalue weighted by atomic mass is 16.5. The van der Waals surface area contributed by atoms with E-state index in [4.69, 9.17) is 4.52 Å². The van der Waals surface area contributed by atoms with Crippen LogP contribution in [-0.4, -0.2) is 40.3 Å². The Labute approximate surface area is 141 Å². The van der Waals surface area contributed by atoms with Crippen LogP contribution in [0, 0.1) is 12.8 Å². The second-order valence-electron chi connectivity index (χ2n) is 6.45. The fourth-order valence-corrected chi connectivity index (χ4v) is 3.09. The number of likely N-dealkylation sites (tertiary alicyclic amines) is 1. The first-order valence-electron chi connectivity index (χ1n) is 8.26. The van der Waals surface area contributed by atoms with Gasteiger partial charge in [-0.2, -0.15) is 0 Å². The van der Waals surface area contributed by atoms with Crippen molar-refractivity contribution in [1.82, 2.24) is 10.1 Å². The number of aromatic nitrogens is 1. The Balaban J connectivity index is 1.83. The molecule has 0 spiro atoms. The third-order valence-electron chi connectivity index (χ3n) is 4.56. The molecule has 2 heterocycles. The molecule has 1 saturated heterocycles. The van der Waals surface area contributed by atoms with Gasteiger partial charge in [-0.15, -0.1) is 0 Å². The van der Waals surface area contributed by atoms with Gasteiger partial charge in [0.1, 0.15) is 11.8 Å². The van der Waals surface area contributed by atoms with Crippen molar-refractivity contribution in [3.63, 3.8) is 0 Å². The summed E-state index contributed by atoms with van der Waals surface area (Å²) in [5, 5.41) is 16.9. The van der Waals surface area contributed by atoms with E-state index in [0.29, 0.717) is 18.1 Å². The molecule has 0 radical (unpaired) electrons. The third-order valence-corrected chi connectivity index (χ3v) is 4.56. The van der Waals surface area contributed by atoms with E-state index in [2.05, 4.69) is 10.5 Å². The summed E-state index contributed by atoms with van der Waals surface area (Å²) in [6, 6.07) is 10.8. The lowest BCUT2D eigenvalue weighted by Gasteiger charge is -2.38. The summed E-state index contributed by atoms with van der Waals surface area (Å²) in [7, 11) is 0. The van der Waals surface area contributed by atoms with Crippen molar-refractivity contribution in [1.29, 1.82) is 0 Å². The summed E-state index contributed by atoms with van der Waals surface area (Å²) in [5.74, 6) is 1.13. The number of benzene rings is 1. The van der Waals surface area contributed by atoms with Gasteiger partial charge in [0.2, 0.25) is 5.91 Å². The van der Waals surface area contributed by atoms with Gasteiger partial charge in [0.15, 0.2) is 5.82 Å². The van der Waals surface area contributed by atoms with Crippen molar-refractivity contribution in [2.45, 2.75) is 32.4 Å². The summed E-state index contributed by atoms with van der Waals surface area (Å²) >= 11 is 0. The lowest BCUT2D eigenvalue weighted by molar-refractivity contribution is -0.123. The molecule has 1 fully saturated rings. The summed E-state index contributed by atoms with van der Waals surface area (Å²) in [6.07, 6.45) is 0.438. The maximum absolute atomic E-state index is 12.9. The molecule has 128 valence electrons. The minimum atomic E-state index is -0.467. The molecule has 1 aliphatic rings. The highest BCUT2D eigenvalue weighted by molar-refractivity contribution is 5.94. The van der Waals surface area contributed by atoms with Crippen LogP contribution in [0.2, 0.25) is 0 Å². The zero-order valence-electron chi connectivity index (χ0n) is 14.0. The maximum Gasteiger partial charge on any atom is 0.247 e. The van der Waals surface area contributed by atoms with Crippen molar-refractivity contribution >= 4 is 11.7 Å². The van der Waals surface area contributed by atoms with Crippen molar-refractivity contribution in [2.75, 3.05) is 18.4 Å². The summed E-state index contributed by atoms with van der Waals surface area (Å²) in [4.78, 5) is 14.9. The highest BCUT2D eigenvalue weighted by Gasteiger charge is 2.34. The number of nitrogens with one attached hydrogen (secondary N) is 1. The number of aryl methyl sites for hydroxylation is 1. The van der Waals surface area contributed by atoms with Gasteiger partial charge in [-0.1, -0.05) is 42.4 Å². The van der Waals surface area contributed by atoms with Crippen LogP contribution in [0.5, 0.6) is 0 Å². The van der Waals surface area contributed by atoms with Crippen LogP contribution in [-0.2, 0) is 4.79 Å². The number of piperidine rings is 1. The van der Waals surface area contributed by atoms with Crippen molar-refractivity contribution in [3.8, 4) is 0 Å². The van der Waals surface area contributed by atoms with Crippen LogP contribution >= 0.6 is 0 Å². The molecule has 0 saturated carbocycles. The number of aliphatic hydroxyl groups excluding tert-OH is 1. The van der Waals surface area contributed by atoms with E-state index in [1.807, 2.05) is 42.2 Å². The lowest BCUT2D eigenvalue weighted by atomic mass is 9.93. The average molecular weight is 329 g/mol. The SMILES string of the molecule is Cc1cc(NC(=O)C(c2ccccc2)N2CCC(C)C(O)C2)no1. The van der Waals surface area contributed by atoms with Gasteiger partial charge >= 0.3 is 0 Å². The van der Waals surface area contributed by atoms with Gasteiger partial charge in [0, 0.05) is 12.6 Å². The fourth-order valence-electron chi connectivity index (χ4n) is 3.09. The molecule has 3 rings (SSSR count). The number of amides is 1. The van der Waals surface area contributed by atoms with Crippen LogP contribution in [0.15, 0.2) is 40.9 Å². The van der Waals surface area contributed by atoms with Crippen molar-refractivity contribution in [2.24, 2.45) is 5.92 Å². The number of β-amino-alcohol motifs (C(OH)–C–C–N with tert-alkyl or cyclic N) is 1. The number of rotatable bonds is 4. The Bertz CT molecular complexity index is 686. The Kier molecular flexibility index (Phi) is 4.97. The second kappa shape index (κ2) is 7.15. The van der Waals surface area contributed by atoms with Gasteiger partial charge in [0.25, 0.3) is 0 Å². The molecule has 24 heavy (non-hydrogen) atoms. The molecule has 1 aliphatic heterocycles. The normalized spacial score (nSPS) is 23.0. The summed E-state index contributed by atoms with van der Waals surface area (Å²) < 4.78 is 5.01. The first-order valence-corrected chi connectivity index (χ1v) is 8.26. The van der Waals surface area contributed by atoms with E-state index in [1.54, 1.807) is 13.0 Å². The minimum Gasteiger partial charge on any atom is -0.392 e. The van der Waals surface area contributed by atoms with Crippen LogP contribution < -0.4 is 5.32 Å². The Morgan fingerprint density at radius 3 is 2.79 bits per heavy atom. The smallest absolute Gasteiger partial charge is 0.247 e. The number of aliphatic hydroxyl groups is 1. The van der Waals surface area contributed by atoms with Crippen LogP contribution in [0.4, 0.5) is 5.82 Å². The van der Waals surface area contributed by atoms with Crippen LogP contribution in [0.25, 0.3) is 0 Å². The molecule has 2 aromatic rings. The van der Waals surface area contributed by atoms with Crippen LogP contribution in [0.1, 0.15) is 30.7 Å². The standard InChI is InChI=1S/C18H23N3O3/c1-12-8-9-21(11-15(12)22)17(14-6-4-3-5-7-14)18(23)19-16-10-13(2)24-20-16/h3-7,10,12,15,17,22H,8-9,11H2,1-2H3,(H,19,20,23). The number of nitrogens with zero attached hydrogens (tertiary/aromatic N) is 2.